The second-order valence-corrected chi connectivity index (χ2v) is 11.5. The molecule has 206 valence electrons. The summed E-state index contributed by atoms with van der Waals surface area (Å²) in [6, 6.07) is 2.33. The number of pyridine rings is 2. The van der Waals surface area contributed by atoms with E-state index in [1.807, 2.05) is 27.7 Å². The first-order chi connectivity index (χ1) is 17.7. The molecule has 38 heavy (non-hydrogen) atoms. The van der Waals surface area contributed by atoms with Crippen LogP contribution >= 0.6 is 0 Å². The number of halogens is 3. The molecule has 2 aromatic heterocycles. The maximum absolute atomic E-state index is 13.9. The molecule has 4 heterocycles. The van der Waals surface area contributed by atoms with Crippen molar-refractivity contribution >= 4 is 5.97 Å². The van der Waals surface area contributed by atoms with Gasteiger partial charge in [-0.1, -0.05) is 40.2 Å². The van der Waals surface area contributed by atoms with E-state index in [4.69, 9.17) is 19.2 Å². The molecule has 3 aliphatic rings. The van der Waals surface area contributed by atoms with Crippen molar-refractivity contribution in [3.05, 3.63) is 57.7 Å². The molecule has 2 unspecified atom stereocenters. The fourth-order valence-electron chi connectivity index (χ4n) is 6.16. The third-order valence-corrected chi connectivity index (χ3v) is 7.90. The molecule has 5 rings (SSSR count). The highest BCUT2D eigenvalue weighted by Crippen LogP contribution is 2.59. The van der Waals surface area contributed by atoms with Gasteiger partial charge in [-0.2, -0.15) is 13.2 Å². The summed E-state index contributed by atoms with van der Waals surface area (Å²) in [5, 5.41) is 13.9. The van der Waals surface area contributed by atoms with E-state index in [9.17, 15) is 23.1 Å². The Hall–Kier alpha value is -2.56. The molecular weight excluding hydrogens is 501 g/mol. The Morgan fingerprint density at radius 1 is 1.18 bits per heavy atom. The van der Waals surface area contributed by atoms with Gasteiger partial charge in [0.15, 0.2) is 0 Å². The molecule has 0 N–H and O–H groups in total. The Labute approximate surface area is 219 Å². The molecule has 7 nitrogen and oxygen atoms in total. The van der Waals surface area contributed by atoms with Crippen LogP contribution in [0.3, 0.4) is 0 Å². The number of nitrogens with zero attached hydrogens (tertiary/aromatic N) is 2. The van der Waals surface area contributed by atoms with Gasteiger partial charge < -0.3 is 19.3 Å². The maximum Gasteiger partial charge on any atom is 0.417 e. The summed E-state index contributed by atoms with van der Waals surface area (Å²) in [6.07, 6.45) is -5.19. The van der Waals surface area contributed by atoms with E-state index in [1.165, 1.54) is 13.0 Å². The van der Waals surface area contributed by atoms with Crippen LogP contribution in [0.25, 0.3) is 0 Å². The van der Waals surface area contributed by atoms with Gasteiger partial charge in [0.2, 0.25) is 0 Å². The average Bonchev–Trinajstić information content (AvgIpc) is 3.14. The van der Waals surface area contributed by atoms with Gasteiger partial charge in [-0.25, -0.2) is 0 Å². The van der Waals surface area contributed by atoms with E-state index in [0.29, 0.717) is 54.3 Å². The first-order valence-corrected chi connectivity index (χ1v) is 12.9. The molecule has 1 saturated heterocycles. The highest BCUT2D eigenvalue weighted by Gasteiger charge is 2.53. The predicted molar refractivity (Wildman–Crippen MR) is 128 cm³/mol. The van der Waals surface area contributed by atoms with Gasteiger partial charge in [0.1, 0.15) is 12.2 Å². The minimum Gasteiger partial charge on any atom is -0.848 e. The first-order valence-electron chi connectivity index (χ1n) is 12.9. The number of carbonyl (C=O) groups excluding carboxylic acids is 1. The van der Waals surface area contributed by atoms with Crippen molar-refractivity contribution in [2.24, 2.45) is 5.41 Å². The van der Waals surface area contributed by atoms with Crippen LogP contribution in [-0.4, -0.2) is 29.2 Å². The molecule has 1 fully saturated rings. The summed E-state index contributed by atoms with van der Waals surface area (Å²) in [5.41, 5.74) is 0.961. The molecule has 0 bridgehead atoms. The lowest BCUT2D eigenvalue weighted by molar-refractivity contribution is -0.436. The molecule has 3 atom stereocenters. The lowest BCUT2D eigenvalue weighted by atomic mass is 9.68. The second-order valence-electron chi connectivity index (χ2n) is 11.5. The quantitative estimate of drug-likeness (QED) is 0.502. The van der Waals surface area contributed by atoms with Crippen LogP contribution in [-0.2, 0) is 30.8 Å². The van der Waals surface area contributed by atoms with Gasteiger partial charge in [0.05, 0.1) is 22.6 Å². The van der Waals surface area contributed by atoms with Crippen molar-refractivity contribution in [3.8, 4) is 0 Å². The van der Waals surface area contributed by atoms with E-state index >= 15 is 0 Å². The van der Waals surface area contributed by atoms with Crippen LogP contribution in [0.5, 0.6) is 0 Å². The summed E-state index contributed by atoms with van der Waals surface area (Å²) >= 11 is 0. The lowest BCUT2D eigenvalue weighted by Gasteiger charge is -2.47. The van der Waals surface area contributed by atoms with Gasteiger partial charge in [0, 0.05) is 55.8 Å². The van der Waals surface area contributed by atoms with Crippen molar-refractivity contribution in [2.45, 2.75) is 89.9 Å². The Kier molecular flexibility index (Phi) is 6.60. The SMILES string of the molecule is CC(=O)OC1c2nc(C(C)C)c3c(c2C([O-])CC1(C)C)C1(CCOCC1)O[C@@H]3c1ccc(C(F)(F)F)cn1. The fourth-order valence-corrected chi connectivity index (χ4v) is 6.16. The number of ether oxygens (including phenoxy) is 3. The molecule has 0 aromatic carbocycles. The predicted octanol–water partition coefficient (Wildman–Crippen LogP) is 5.18. The number of aromatic nitrogens is 2. The standard InChI is InChI=1S/C28H32F3N2O5/c1-14(2)22-20-21(19-18(35)12-26(4,5)25(23(19)33-22)37-15(3)34)27(8-10-36-11-9-27)38-24(20)17-7-6-16(13-32-17)28(29,30)31/h6-7,13-14,18,24-25H,8-12H2,1-5H3/q-1/t18?,24-,25?/m1/s1. The number of carbonyl (C=O) groups is 1. The Morgan fingerprint density at radius 2 is 1.87 bits per heavy atom. The van der Waals surface area contributed by atoms with Gasteiger partial charge >= 0.3 is 12.1 Å². The molecule has 1 spiro atoms. The third kappa shape index (κ3) is 4.40. The van der Waals surface area contributed by atoms with Crippen LogP contribution in [0.15, 0.2) is 18.3 Å². The number of rotatable bonds is 3. The highest BCUT2D eigenvalue weighted by atomic mass is 19.4. The van der Waals surface area contributed by atoms with Gasteiger partial charge in [-0.15, -0.1) is 0 Å². The number of hydrogen-bond donors (Lipinski definition) is 0. The summed E-state index contributed by atoms with van der Waals surface area (Å²) in [6.45, 7) is 9.87. The summed E-state index contributed by atoms with van der Waals surface area (Å²) in [5.74, 6) is -0.576. The van der Waals surface area contributed by atoms with E-state index in [2.05, 4.69) is 4.98 Å². The third-order valence-electron chi connectivity index (χ3n) is 7.90. The van der Waals surface area contributed by atoms with Crippen LogP contribution in [0.1, 0.15) is 117 Å². The van der Waals surface area contributed by atoms with Crippen LogP contribution < -0.4 is 5.11 Å². The van der Waals surface area contributed by atoms with Gasteiger partial charge in [-0.3, -0.25) is 14.8 Å². The minimum absolute atomic E-state index is 0.113. The fraction of sp³-hybridized carbons (Fsp3) is 0.607. The summed E-state index contributed by atoms with van der Waals surface area (Å²) < 4.78 is 57.9. The van der Waals surface area contributed by atoms with Crippen LogP contribution in [0, 0.1) is 5.41 Å². The van der Waals surface area contributed by atoms with Crippen LogP contribution in [0.2, 0.25) is 0 Å². The monoisotopic (exact) mass is 533 g/mol. The van der Waals surface area contributed by atoms with Crippen LogP contribution in [0.4, 0.5) is 13.2 Å². The van der Waals surface area contributed by atoms with Crippen molar-refractivity contribution < 1.29 is 37.3 Å². The number of hydrogen-bond acceptors (Lipinski definition) is 7. The summed E-state index contributed by atoms with van der Waals surface area (Å²) in [4.78, 5) is 21.3. The summed E-state index contributed by atoms with van der Waals surface area (Å²) in [7, 11) is 0. The van der Waals surface area contributed by atoms with E-state index in [-0.39, 0.29) is 12.3 Å². The zero-order valence-electron chi connectivity index (χ0n) is 22.1. The number of alkyl halides is 3. The average molecular weight is 534 g/mol. The molecule has 1 aliphatic carbocycles. The molecule has 0 saturated carbocycles. The van der Waals surface area contributed by atoms with E-state index < -0.39 is 47.0 Å². The van der Waals surface area contributed by atoms with Crippen molar-refractivity contribution in [3.63, 3.8) is 0 Å². The first kappa shape index (κ1) is 27.0. The number of esters is 1. The van der Waals surface area contributed by atoms with Gasteiger partial charge in [0.25, 0.3) is 0 Å². The van der Waals surface area contributed by atoms with E-state index in [1.54, 1.807) is 0 Å². The smallest absolute Gasteiger partial charge is 0.417 e. The Morgan fingerprint density at radius 3 is 2.42 bits per heavy atom. The molecular formula is C28H32F3N2O5-. The molecule has 0 radical (unpaired) electrons. The van der Waals surface area contributed by atoms with Crippen molar-refractivity contribution in [1.82, 2.24) is 9.97 Å². The minimum atomic E-state index is -4.51. The molecule has 0 amide bonds. The Bertz CT molecular complexity index is 1240. The largest absolute Gasteiger partial charge is 0.848 e. The normalized spacial score (nSPS) is 25.8. The zero-order chi connectivity index (χ0) is 27.6. The maximum atomic E-state index is 13.9. The highest BCUT2D eigenvalue weighted by molar-refractivity contribution is 5.67. The van der Waals surface area contributed by atoms with E-state index in [0.717, 1.165) is 17.8 Å². The zero-order valence-corrected chi connectivity index (χ0v) is 22.1. The topological polar surface area (TPSA) is 93.6 Å². The molecule has 10 heteroatoms. The Balaban J connectivity index is 1.78. The molecule has 2 aromatic rings. The van der Waals surface area contributed by atoms with Crippen molar-refractivity contribution in [2.75, 3.05) is 13.2 Å². The molecule has 2 aliphatic heterocycles. The van der Waals surface area contributed by atoms with Gasteiger partial charge in [-0.05, 0) is 29.2 Å². The van der Waals surface area contributed by atoms with Crippen molar-refractivity contribution in [1.29, 1.82) is 0 Å². The number of fused-ring (bicyclic) bond motifs is 4. The second kappa shape index (κ2) is 9.27. The lowest BCUT2D eigenvalue weighted by Crippen LogP contribution is -2.42.